The molecule has 0 saturated heterocycles. The van der Waals surface area contributed by atoms with Gasteiger partial charge < -0.3 is 5.32 Å². The van der Waals surface area contributed by atoms with Gasteiger partial charge in [0.15, 0.2) is 0 Å². The zero-order valence-electron chi connectivity index (χ0n) is 13.1. The van der Waals surface area contributed by atoms with E-state index >= 15 is 0 Å². The molecule has 0 radical (unpaired) electrons. The molecule has 0 fully saturated rings. The van der Waals surface area contributed by atoms with E-state index in [1.165, 1.54) is 22.5 Å². The molecule has 1 unspecified atom stereocenters. The van der Waals surface area contributed by atoms with Gasteiger partial charge in [-0.05, 0) is 34.6 Å². The zero-order chi connectivity index (χ0) is 14.7. The molecule has 0 spiro atoms. The Kier molecular flexibility index (Phi) is 4.60. The van der Waals surface area contributed by atoms with Gasteiger partial charge in [-0.3, -0.25) is 9.36 Å². The molecule has 0 aromatic carbocycles. The minimum Gasteiger partial charge on any atom is -0.306 e. The Bertz CT molecular complexity index is 567. The first kappa shape index (κ1) is 14.8. The lowest BCUT2D eigenvalue weighted by Crippen LogP contribution is -2.19. The Morgan fingerprint density at radius 2 is 1.65 bits per heavy atom. The summed E-state index contributed by atoms with van der Waals surface area (Å²) in [5, 5.41) is 12.4. The van der Waals surface area contributed by atoms with E-state index in [9.17, 15) is 0 Å². The van der Waals surface area contributed by atoms with E-state index in [0.29, 0.717) is 6.04 Å². The standard InChI is InChI=1S/C15H25N5/c1-6-19-12(4)14(9-17-19)8-16-11(3)15-10-18-20(7-2)13(15)5/h9-11,16H,6-8H2,1-5H3. The van der Waals surface area contributed by atoms with E-state index in [-0.39, 0.29) is 0 Å². The average molecular weight is 275 g/mol. The minimum absolute atomic E-state index is 0.291. The molecule has 0 bridgehead atoms. The van der Waals surface area contributed by atoms with E-state index in [1.54, 1.807) is 0 Å². The molecule has 2 aromatic rings. The number of hydrogen-bond donors (Lipinski definition) is 1. The largest absolute Gasteiger partial charge is 0.306 e. The van der Waals surface area contributed by atoms with Crippen LogP contribution in [0.3, 0.4) is 0 Å². The number of nitrogens with one attached hydrogen (secondary N) is 1. The molecule has 5 heteroatoms. The van der Waals surface area contributed by atoms with Crippen LogP contribution in [0.15, 0.2) is 12.4 Å². The summed E-state index contributed by atoms with van der Waals surface area (Å²) in [6, 6.07) is 0.291. The van der Waals surface area contributed by atoms with E-state index in [0.717, 1.165) is 19.6 Å². The first-order chi connectivity index (χ1) is 9.58. The van der Waals surface area contributed by atoms with Crippen LogP contribution in [-0.2, 0) is 19.6 Å². The number of hydrogen-bond acceptors (Lipinski definition) is 3. The summed E-state index contributed by atoms with van der Waals surface area (Å²) in [5.41, 5.74) is 5.02. The summed E-state index contributed by atoms with van der Waals surface area (Å²) in [5.74, 6) is 0. The molecular formula is C15H25N5. The van der Waals surface area contributed by atoms with Crippen molar-refractivity contribution in [3.8, 4) is 0 Å². The molecule has 2 heterocycles. The van der Waals surface area contributed by atoms with Crippen molar-refractivity contribution in [1.29, 1.82) is 0 Å². The maximum atomic E-state index is 4.41. The molecule has 2 rings (SSSR count). The monoisotopic (exact) mass is 275 g/mol. The second-order valence-electron chi connectivity index (χ2n) is 5.17. The third-order valence-electron chi connectivity index (χ3n) is 4.01. The highest BCUT2D eigenvalue weighted by atomic mass is 15.3. The highest BCUT2D eigenvalue weighted by Crippen LogP contribution is 2.18. The number of rotatable bonds is 6. The van der Waals surface area contributed by atoms with Gasteiger partial charge in [0.2, 0.25) is 0 Å². The maximum Gasteiger partial charge on any atom is 0.0540 e. The van der Waals surface area contributed by atoms with E-state index < -0.39 is 0 Å². The topological polar surface area (TPSA) is 47.7 Å². The van der Waals surface area contributed by atoms with Gasteiger partial charge in [-0.2, -0.15) is 10.2 Å². The molecule has 0 amide bonds. The first-order valence-corrected chi connectivity index (χ1v) is 7.35. The molecule has 0 aliphatic rings. The fraction of sp³-hybridized carbons (Fsp3) is 0.600. The van der Waals surface area contributed by atoms with Crippen molar-refractivity contribution in [2.24, 2.45) is 0 Å². The van der Waals surface area contributed by atoms with Gasteiger partial charge in [-0.25, -0.2) is 0 Å². The Balaban J connectivity index is 2.02. The summed E-state index contributed by atoms with van der Waals surface area (Å²) >= 11 is 0. The SMILES string of the molecule is CCn1ncc(CNC(C)c2cnn(CC)c2C)c1C. The Morgan fingerprint density at radius 3 is 2.20 bits per heavy atom. The molecule has 0 aliphatic heterocycles. The van der Waals surface area contributed by atoms with Crippen LogP contribution in [0.5, 0.6) is 0 Å². The Hall–Kier alpha value is -1.62. The van der Waals surface area contributed by atoms with Crippen LogP contribution in [0.4, 0.5) is 0 Å². The van der Waals surface area contributed by atoms with Gasteiger partial charge in [0, 0.05) is 48.2 Å². The zero-order valence-corrected chi connectivity index (χ0v) is 13.1. The third-order valence-corrected chi connectivity index (χ3v) is 4.01. The summed E-state index contributed by atoms with van der Waals surface area (Å²) in [6.45, 7) is 13.3. The van der Waals surface area contributed by atoms with Crippen molar-refractivity contribution in [3.05, 3.63) is 34.9 Å². The Morgan fingerprint density at radius 1 is 1.05 bits per heavy atom. The smallest absolute Gasteiger partial charge is 0.0540 e. The lowest BCUT2D eigenvalue weighted by Gasteiger charge is -2.14. The molecule has 20 heavy (non-hydrogen) atoms. The van der Waals surface area contributed by atoms with Crippen LogP contribution in [0.1, 0.15) is 49.3 Å². The maximum absolute atomic E-state index is 4.41. The van der Waals surface area contributed by atoms with Crippen LogP contribution in [0.25, 0.3) is 0 Å². The van der Waals surface area contributed by atoms with Gasteiger partial charge in [-0.15, -0.1) is 0 Å². The van der Waals surface area contributed by atoms with Crippen molar-refractivity contribution in [1.82, 2.24) is 24.9 Å². The summed E-state index contributed by atoms with van der Waals surface area (Å²) in [7, 11) is 0. The van der Waals surface area contributed by atoms with Gasteiger partial charge in [0.1, 0.15) is 0 Å². The predicted molar refractivity (Wildman–Crippen MR) is 80.5 cm³/mol. The van der Waals surface area contributed by atoms with Crippen LogP contribution in [0.2, 0.25) is 0 Å². The average Bonchev–Trinajstić information content (AvgIpc) is 2.99. The predicted octanol–water partition coefficient (Wildman–Crippen LogP) is 2.59. The highest BCUT2D eigenvalue weighted by molar-refractivity contribution is 5.21. The van der Waals surface area contributed by atoms with E-state index in [2.05, 4.69) is 50.1 Å². The van der Waals surface area contributed by atoms with Crippen molar-refractivity contribution >= 4 is 0 Å². The van der Waals surface area contributed by atoms with Crippen molar-refractivity contribution in [2.45, 2.75) is 60.3 Å². The van der Waals surface area contributed by atoms with E-state index in [1.807, 2.05) is 21.8 Å². The molecule has 1 N–H and O–H groups in total. The van der Waals surface area contributed by atoms with Gasteiger partial charge in [0.25, 0.3) is 0 Å². The molecule has 0 aliphatic carbocycles. The lowest BCUT2D eigenvalue weighted by atomic mass is 10.1. The normalized spacial score (nSPS) is 12.8. The highest BCUT2D eigenvalue weighted by Gasteiger charge is 2.13. The van der Waals surface area contributed by atoms with Crippen molar-refractivity contribution in [2.75, 3.05) is 0 Å². The number of aryl methyl sites for hydroxylation is 2. The van der Waals surface area contributed by atoms with Gasteiger partial charge in [0.05, 0.1) is 12.4 Å². The van der Waals surface area contributed by atoms with E-state index in [4.69, 9.17) is 0 Å². The van der Waals surface area contributed by atoms with Gasteiger partial charge in [-0.1, -0.05) is 0 Å². The van der Waals surface area contributed by atoms with Crippen molar-refractivity contribution in [3.63, 3.8) is 0 Å². The van der Waals surface area contributed by atoms with Crippen LogP contribution in [0, 0.1) is 13.8 Å². The number of nitrogens with zero attached hydrogens (tertiary/aromatic N) is 4. The molecule has 0 saturated carbocycles. The van der Waals surface area contributed by atoms with Crippen LogP contribution in [-0.4, -0.2) is 19.6 Å². The summed E-state index contributed by atoms with van der Waals surface area (Å²) in [6.07, 6.45) is 3.93. The van der Waals surface area contributed by atoms with Crippen LogP contribution < -0.4 is 5.32 Å². The Labute approximate surface area is 121 Å². The lowest BCUT2D eigenvalue weighted by molar-refractivity contribution is 0.564. The molecule has 2 aromatic heterocycles. The molecule has 5 nitrogen and oxygen atoms in total. The number of aromatic nitrogens is 4. The molecular weight excluding hydrogens is 250 g/mol. The first-order valence-electron chi connectivity index (χ1n) is 7.35. The van der Waals surface area contributed by atoms with Crippen molar-refractivity contribution < 1.29 is 0 Å². The second-order valence-corrected chi connectivity index (χ2v) is 5.17. The minimum atomic E-state index is 0.291. The quantitative estimate of drug-likeness (QED) is 0.881. The molecule has 110 valence electrons. The van der Waals surface area contributed by atoms with Gasteiger partial charge >= 0.3 is 0 Å². The summed E-state index contributed by atoms with van der Waals surface area (Å²) in [4.78, 5) is 0. The fourth-order valence-electron chi connectivity index (χ4n) is 2.56. The fourth-order valence-corrected chi connectivity index (χ4v) is 2.56. The molecule has 1 atom stereocenters. The summed E-state index contributed by atoms with van der Waals surface area (Å²) < 4.78 is 4.07. The second kappa shape index (κ2) is 6.22. The third kappa shape index (κ3) is 2.77. The van der Waals surface area contributed by atoms with Crippen LogP contribution >= 0.6 is 0 Å².